The Morgan fingerprint density at radius 2 is 2.04 bits per heavy atom. The molecule has 0 saturated heterocycles. The topological polar surface area (TPSA) is 66.5 Å². The van der Waals surface area contributed by atoms with Crippen molar-refractivity contribution in [2.24, 2.45) is 0 Å². The molecule has 2 unspecified atom stereocenters. The molecule has 23 heavy (non-hydrogen) atoms. The van der Waals surface area contributed by atoms with Gasteiger partial charge in [-0.05, 0) is 38.1 Å². The second-order valence-electron chi connectivity index (χ2n) is 6.19. The summed E-state index contributed by atoms with van der Waals surface area (Å²) in [5.41, 5.74) is 0.395. The minimum atomic E-state index is -3.14. The van der Waals surface area contributed by atoms with Gasteiger partial charge in [0, 0.05) is 18.0 Å². The van der Waals surface area contributed by atoms with Gasteiger partial charge in [0.15, 0.2) is 9.84 Å². The SMILES string of the molecule is CN(CC(=O)Nc1cccc(F)c1)C1CCCCC1S(C)(=O)=O. The van der Waals surface area contributed by atoms with Crippen LogP contribution in [0.1, 0.15) is 25.7 Å². The highest BCUT2D eigenvalue weighted by atomic mass is 32.2. The number of nitrogens with zero attached hydrogens (tertiary/aromatic N) is 1. The Balaban J connectivity index is 1.99. The fourth-order valence-electron chi connectivity index (χ4n) is 3.19. The number of rotatable bonds is 5. The van der Waals surface area contributed by atoms with E-state index in [2.05, 4.69) is 5.32 Å². The minimum absolute atomic E-state index is 0.0766. The first-order valence-electron chi connectivity index (χ1n) is 7.72. The van der Waals surface area contributed by atoms with E-state index in [9.17, 15) is 17.6 Å². The van der Waals surface area contributed by atoms with Crippen LogP contribution in [0.2, 0.25) is 0 Å². The van der Waals surface area contributed by atoms with Crippen LogP contribution in [-0.2, 0) is 14.6 Å². The molecule has 1 aromatic rings. The zero-order valence-electron chi connectivity index (χ0n) is 13.5. The summed E-state index contributed by atoms with van der Waals surface area (Å²) in [5, 5.41) is 2.21. The summed E-state index contributed by atoms with van der Waals surface area (Å²) < 4.78 is 37.0. The molecule has 1 N–H and O–H groups in total. The summed E-state index contributed by atoms with van der Waals surface area (Å²) in [6, 6.07) is 5.53. The van der Waals surface area contributed by atoms with E-state index in [4.69, 9.17) is 0 Å². The third kappa shape index (κ3) is 5.00. The molecule has 1 fully saturated rings. The van der Waals surface area contributed by atoms with Crippen molar-refractivity contribution in [2.75, 3.05) is 25.2 Å². The number of likely N-dealkylation sites (N-methyl/N-ethyl adjacent to an activating group) is 1. The molecule has 1 amide bonds. The molecule has 0 bridgehead atoms. The number of nitrogens with one attached hydrogen (secondary N) is 1. The van der Waals surface area contributed by atoms with Gasteiger partial charge in [0.2, 0.25) is 5.91 Å². The van der Waals surface area contributed by atoms with Crippen molar-refractivity contribution < 1.29 is 17.6 Å². The summed E-state index contributed by atoms with van der Waals surface area (Å²) in [5.74, 6) is -0.698. The van der Waals surface area contributed by atoms with E-state index >= 15 is 0 Å². The van der Waals surface area contributed by atoms with Gasteiger partial charge in [0.05, 0.1) is 11.8 Å². The van der Waals surface area contributed by atoms with Crippen LogP contribution in [0.15, 0.2) is 24.3 Å². The molecule has 1 aliphatic carbocycles. The Bertz CT molecular complexity index is 663. The third-order valence-corrected chi connectivity index (χ3v) is 5.93. The van der Waals surface area contributed by atoms with E-state index < -0.39 is 20.9 Å². The Morgan fingerprint density at radius 3 is 2.70 bits per heavy atom. The zero-order chi connectivity index (χ0) is 17.0. The Hall–Kier alpha value is -1.47. The zero-order valence-corrected chi connectivity index (χ0v) is 14.3. The van der Waals surface area contributed by atoms with Crippen molar-refractivity contribution in [1.29, 1.82) is 0 Å². The molecule has 1 aliphatic rings. The van der Waals surface area contributed by atoms with E-state index in [-0.39, 0.29) is 18.5 Å². The predicted octanol–water partition coefficient (Wildman–Crippen LogP) is 2.05. The van der Waals surface area contributed by atoms with Crippen LogP contribution in [0.5, 0.6) is 0 Å². The largest absolute Gasteiger partial charge is 0.325 e. The van der Waals surface area contributed by atoms with Gasteiger partial charge < -0.3 is 5.32 Å². The molecule has 0 radical (unpaired) electrons. The van der Waals surface area contributed by atoms with Crippen molar-refractivity contribution in [3.8, 4) is 0 Å². The summed E-state index contributed by atoms with van der Waals surface area (Å²) in [6.07, 6.45) is 4.53. The van der Waals surface area contributed by atoms with Crippen LogP contribution in [0, 0.1) is 5.82 Å². The number of benzene rings is 1. The standard InChI is InChI=1S/C16H23FN2O3S/c1-19(14-8-3-4-9-15(14)23(2,21)22)11-16(20)18-13-7-5-6-12(17)10-13/h5-7,10,14-15H,3-4,8-9,11H2,1-2H3,(H,18,20). The maximum Gasteiger partial charge on any atom is 0.238 e. The molecule has 2 atom stereocenters. The van der Waals surface area contributed by atoms with Crippen LogP contribution in [-0.4, -0.2) is 50.4 Å². The molecule has 2 rings (SSSR count). The molecule has 128 valence electrons. The van der Waals surface area contributed by atoms with Gasteiger partial charge in [0.1, 0.15) is 5.82 Å². The van der Waals surface area contributed by atoms with E-state index in [0.29, 0.717) is 12.1 Å². The van der Waals surface area contributed by atoms with E-state index in [1.54, 1.807) is 18.0 Å². The van der Waals surface area contributed by atoms with E-state index in [1.807, 2.05) is 0 Å². The molecule has 1 aromatic carbocycles. The van der Waals surface area contributed by atoms with Crippen LogP contribution in [0.25, 0.3) is 0 Å². The Labute approximate surface area is 136 Å². The first-order chi connectivity index (χ1) is 10.8. The molecule has 5 nitrogen and oxygen atoms in total. The second-order valence-corrected chi connectivity index (χ2v) is 8.46. The number of amides is 1. The summed E-state index contributed by atoms with van der Waals surface area (Å²) in [7, 11) is -1.38. The van der Waals surface area contributed by atoms with Crippen molar-refractivity contribution >= 4 is 21.4 Å². The average molecular weight is 342 g/mol. The van der Waals surface area contributed by atoms with Gasteiger partial charge in [-0.1, -0.05) is 18.9 Å². The molecular weight excluding hydrogens is 319 g/mol. The quantitative estimate of drug-likeness (QED) is 0.889. The maximum atomic E-state index is 13.1. The lowest BCUT2D eigenvalue weighted by molar-refractivity contribution is -0.117. The molecule has 0 aromatic heterocycles. The lowest BCUT2D eigenvalue weighted by Gasteiger charge is -2.36. The number of carbonyl (C=O) groups excluding carboxylic acids is 1. The number of sulfone groups is 1. The molecule has 0 aliphatic heterocycles. The van der Waals surface area contributed by atoms with Gasteiger partial charge in [-0.15, -0.1) is 0 Å². The van der Waals surface area contributed by atoms with E-state index in [1.165, 1.54) is 24.5 Å². The molecular formula is C16H23FN2O3S. The van der Waals surface area contributed by atoms with Gasteiger partial charge in [-0.2, -0.15) is 0 Å². The molecule has 0 spiro atoms. The summed E-state index contributed by atoms with van der Waals surface area (Å²) in [4.78, 5) is 13.9. The first kappa shape index (κ1) is 17.9. The van der Waals surface area contributed by atoms with Gasteiger partial charge >= 0.3 is 0 Å². The fraction of sp³-hybridized carbons (Fsp3) is 0.562. The smallest absolute Gasteiger partial charge is 0.238 e. The Kier molecular flexibility index (Phi) is 5.75. The fourth-order valence-corrected chi connectivity index (χ4v) is 4.70. The highest BCUT2D eigenvalue weighted by molar-refractivity contribution is 7.91. The number of carbonyl (C=O) groups is 1. The first-order valence-corrected chi connectivity index (χ1v) is 9.67. The van der Waals surface area contributed by atoms with Crippen molar-refractivity contribution in [1.82, 2.24) is 4.90 Å². The van der Waals surface area contributed by atoms with Gasteiger partial charge in [-0.3, -0.25) is 9.69 Å². The number of halogens is 1. The third-order valence-electron chi connectivity index (χ3n) is 4.29. The van der Waals surface area contributed by atoms with Crippen molar-refractivity contribution in [3.05, 3.63) is 30.1 Å². The van der Waals surface area contributed by atoms with Crippen molar-refractivity contribution in [3.63, 3.8) is 0 Å². The van der Waals surface area contributed by atoms with Gasteiger partial charge in [-0.25, -0.2) is 12.8 Å². The number of hydrogen-bond acceptors (Lipinski definition) is 4. The van der Waals surface area contributed by atoms with Crippen LogP contribution < -0.4 is 5.32 Å². The highest BCUT2D eigenvalue weighted by Crippen LogP contribution is 2.27. The molecule has 1 saturated carbocycles. The Morgan fingerprint density at radius 1 is 1.35 bits per heavy atom. The highest BCUT2D eigenvalue weighted by Gasteiger charge is 2.35. The predicted molar refractivity (Wildman–Crippen MR) is 88.5 cm³/mol. The lowest BCUT2D eigenvalue weighted by atomic mass is 9.94. The van der Waals surface area contributed by atoms with Crippen LogP contribution >= 0.6 is 0 Å². The molecule has 0 heterocycles. The normalized spacial score (nSPS) is 22.1. The minimum Gasteiger partial charge on any atom is -0.325 e. The van der Waals surface area contributed by atoms with Crippen LogP contribution in [0.4, 0.5) is 10.1 Å². The summed E-state index contributed by atoms with van der Waals surface area (Å²) in [6.45, 7) is 0.0766. The van der Waals surface area contributed by atoms with Crippen molar-refractivity contribution in [2.45, 2.75) is 37.0 Å². The summed E-state index contributed by atoms with van der Waals surface area (Å²) >= 11 is 0. The monoisotopic (exact) mass is 342 g/mol. The second kappa shape index (κ2) is 7.40. The molecule has 7 heteroatoms. The maximum absolute atomic E-state index is 13.1. The number of anilines is 1. The average Bonchev–Trinajstić information content (AvgIpc) is 2.46. The number of hydrogen-bond donors (Lipinski definition) is 1. The van der Waals surface area contributed by atoms with E-state index in [0.717, 1.165) is 19.3 Å². The van der Waals surface area contributed by atoms with Crippen LogP contribution in [0.3, 0.4) is 0 Å². The lowest BCUT2D eigenvalue weighted by Crippen LogP contribution is -2.49. The van der Waals surface area contributed by atoms with Gasteiger partial charge in [0.25, 0.3) is 0 Å².